The van der Waals surface area contributed by atoms with E-state index in [0.717, 1.165) is 101 Å². The number of pyridine rings is 2. The van der Waals surface area contributed by atoms with Gasteiger partial charge in [0.2, 0.25) is 0 Å². The largest absolute Gasteiger partial charge is 0.493 e. The van der Waals surface area contributed by atoms with E-state index in [-0.39, 0.29) is 67.9 Å². The number of fused-ring (bicyclic) bond motifs is 13. The molecule has 7 aromatic carbocycles. The number of benzene rings is 7. The van der Waals surface area contributed by atoms with Crippen molar-refractivity contribution in [1.82, 2.24) is 29.9 Å². The van der Waals surface area contributed by atoms with E-state index in [2.05, 4.69) is 172 Å². The molecule has 8 bridgehead atoms. The Hall–Kier alpha value is -7.74. The predicted octanol–water partition coefficient (Wildman–Crippen LogP) is 18.1. The zero-order valence-electron chi connectivity index (χ0n) is 42.0. The van der Waals surface area contributed by atoms with E-state index in [1.165, 1.54) is 32.3 Å². The number of nitrogens with one attached hydrogen (secondary N) is 2. The van der Waals surface area contributed by atoms with Crippen molar-refractivity contribution in [2.24, 2.45) is 0 Å². The second kappa shape index (κ2) is 24.7. The second-order valence-corrected chi connectivity index (χ2v) is 18.7. The van der Waals surface area contributed by atoms with E-state index in [0.29, 0.717) is 26.1 Å². The molecule has 12 heteroatoms. The fourth-order valence-corrected chi connectivity index (χ4v) is 9.85. The van der Waals surface area contributed by atoms with Crippen molar-refractivity contribution >= 4 is 168 Å². The van der Waals surface area contributed by atoms with E-state index < -0.39 is 0 Å². The van der Waals surface area contributed by atoms with Gasteiger partial charge in [0.1, 0.15) is 11.5 Å². The SMILES string of the molecule is Br.Br.Br.Br.C1=Cc2cc3ccc(cc4nc(cc5ccc(cc1n2)[nH]5)C=C4)[nH]3.c1ccc2cc3cc4c(-c5cc(OCCc6ccc7ccccc7n6)cc(OCCc6ccc7ccccc7n6)c5)cccc4cc3cc2c1. The normalized spacial score (nSPS) is 11.3. The van der Waals surface area contributed by atoms with Crippen molar-refractivity contribution in [3.8, 4) is 22.6 Å². The smallest absolute Gasteiger partial charge is 0.123 e. The lowest BCUT2D eigenvalue weighted by Crippen LogP contribution is -2.05. The van der Waals surface area contributed by atoms with Gasteiger partial charge in [-0.25, -0.2) is 9.97 Å². The summed E-state index contributed by atoms with van der Waals surface area (Å²) in [5.41, 5.74) is 14.1. The van der Waals surface area contributed by atoms with Gasteiger partial charge in [0, 0.05) is 63.1 Å². The van der Waals surface area contributed by atoms with Crippen LogP contribution in [0.3, 0.4) is 0 Å². The van der Waals surface area contributed by atoms with Crippen molar-refractivity contribution < 1.29 is 9.47 Å². The molecule has 0 saturated carbocycles. The number of hydrogen-bond acceptors (Lipinski definition) is 6. The molecule has 78 heavy (non-hydrogen) atoms. The molecule has 8 nitrogen and oxygen atoms in total. The van der Waals surface area contributed by atoms with Crippen LogP contribution in [0.4, 0.5) is 0 Å². The van der Waals surface area contributed by atoms with Crippen LogP contribution < -0.4 is 9.47 Å². The highest BCUT2D eigenvalue weighted by molar-refractivity contribution is 8.93. The molecule has 5 aromatic heterocycles. The topological polar surface area (TPSA) is 102 Å². The number of hydrogen-bond donors (Lipinski definition) is 2. The fourth-order valence-electron chi connectivity index (χ4n) is 9.85. The molecule has 2 aliphatic rings. The summed E-state index contributed by atoms with van der Waals surface area (Å²) < 4.78 is 12.9. The minimum atomic E-state index is 0. The number of halogens is 4. The molecule has 12 aromatic rings. The number of para-hydroxylation sites is 2. The highest BCUT2D eigenvalue weighted by Crippen LogP contribution is 2.37. The molecule has 7 heterocycles. The number of rotatable bonds is 9. The Balaban J connectivity index is 0.000000223. The van der Waals surface area contributed by atoms with Crippen LogP contribution in [0.15, 0.2) is 206 Å². The summed E-state index contributed by atoms with van der Waals surface area (Å²) in [6.07, 6.45) is 9.49. The second-order valence-electron chi connectivity index (χ2n) is 18.7. The van der Waals surface area contributed by atoms with Gasteiger partial charge in [-0.2, -0.15) is 0 Å². The van der Waals surface area contributed by atoms with Crippen LogP contribution >= 0.6 is 67.9 Å². The molecule has 14 rings (SSSR count). The van der Waals surface area contributed by atoms with Crippen molar-refractivity contribution in [3.05, 3.63) is 240 Å². The van der Waals surface area contributed by atoms with Crippen LogP contribution in [-0.2, 0) is 12.8 Å². The molecule has 0 radical (unpaired) electrons. The molecule has 2 N–H and O–H groups in total. The first-order valence-corrected chi connectivity index (χ1v) is 25.0. The van der Waals surface area contributed by atoms with Gasteiger partial charge in [-0.15, -0.1) is 67.9 Å². The third kappa shape index (κ3) is 12.5. The first-order valence-electron chi connectivity index (χ1n) is 25.0. The Morgan fingerprint density at radius 3 is 1.21 bits per heavy atom. The van der Waals surface area contributed by atoms with E-state index >= 15 is 0 Å². The number of aromatic nitrogens is 6. The summed E-state index contributed by atoms with van der Waals surface area (Å²) >= 11 is 0. The van der Waals surface area contributed by atoms with Gasteiger partial charge in [0.25, 0.3) is 0 Å². The van der Waals surface area contributed by atoms with Gasteiger partial charge < -0.3 is 19.4 Å². The van der Waals surface area contributed by atoms with Crippen LogP contribution in [0, 0.1) is 0 Å². The minimum absolute atomic E-state index is 0. The first-order chi connectivity index (χ1) is 36.5. The summed E-state index contributed by atoms with van der Waals surface area (Å²) in [7, 11) is 0. The third-order valence-corrected chi connectivity index (χ3v) is 13.5. The highest BCUT2D eigenvalue weighted by atomic mass is 79.9. The van der Waals surface area contributed by atoms with Crippen molar-refractivity contribution in [1.29, 1.82) is 0 Å². The zero-order valence-corrected chi connectivity index (χ0v) is 48.9. The third-order valence-electron chi connectivity index (χ3n) is 13.5. The quantitative estimate of drug-likeness (QED) is 0.140. The Bertz CT molecular complexity index is 4100. The Morgan fingerprint density at radius 1 is 0.321 bits per heavy atom. The first kappa shape index (κ1) is 55.0. The molecule has 0 unspecified atom stereocenters. The standard InChI is InChI=1S/C46H34N2O2.C20H14N4.4BrH/c1-2-11-34-25-37-29-44-35(26-36(37)24-33(34)10-1)12-7-13-43(44)38-27-41(49-22-20-39-18-16-31-8-3-5-14-45(31)47-39)30-42(28-38)50-23-21-40-19-17-32-9-4-6-15-46(32)48-40;1-2-14-10-16-5-6-18(23-16)12-20-8-7-19(24-20)11-17-4-3-15(22-17)9-13(1)21-14;;;;/h1-19,24-30H,20-23H2;1-12,21,24H;4*1H. The summed E-state index contributed by atoms with van der Waals surface area (Å²) in [4.78, 5) is 25.7. The molecule has 0 spiro atoms. The number of H-pyrrole nitrogens is 2. The maximum absolute atomic E-state index is 6.44. The van der Waals surface area contributed by atoms with Gasteiger partial charge >= 0.3 is 0 Å². The van der Waals surface area contributed by atoms with E-state index in [4.69, 9.17) is 19.4 Å². The molecule has 2 aliphatic heterocycles. The average molecular weight is 1280 g/mol. The summed E-state index contributed by atoms with van der Waals surface area (Å²) in [6, 6.07) is 71.7. The minimum Gasteiger partial charge on any atom is -0.493 e. The number of ether oxygens (including phenoxy) is 2. The lowest BCUT2D eigenvalue weighted by atomic mass is 9.94. The van der Waals surface area contributed by atoms with Gasteiger partial charge in [0.15, 0.2) is 0 Å². The van der Waals surface area contributed by atoms with Crippen LogP contribution in [-0.4, -0.2) is 43.1 Å². The molecule has 386 valence electrons. The lowest BCUT2D eigenvalue weighted by molar-refractivity contribution is 0.305. The zero-order chi connectivity index (χ0) is 49.2. The summed E-state index contributed by atoms with van der Waals surface area (Å²) in [5.74, 6) is 1.54. The highest BCUT2D eigenvalue weighted by Gasteiger charge is 2.12. The molecule has 0 amide bonds. The van der Waals surface area contributed by atoms with Gasteiger partial charge in [-0.3, -0.25) is 9.97 Å². The molecule has 0 fully saturated rings. The van der Waals surface area contributed by atoms with Crippen LogP contribution in [0.1, 0.15) is 34.2 Å². The monoisotopic (exact) mass is 1280 g/mol. The van der Waals surface area contributed by atoms with Crippen molar-refractivity contribution in [2.45, 2.75) is 12.8 Å². The number of nitrogens with zero attached hydrogens (tertiary/aromatic N) is 4. The predicted molar refractivity (Wildman–Crippen MR) is 346 cm³/mol. The van der Waals surface area contributed by atoms with Crippen LogP contribution in [0.25, 0.3) is 112 Å². The Morgan fingerprint density at radius 2 is 0.731 bits per heavy atom. The van der Waals surface area contributed by atoms with Gasteiger partial charge in [-0.05, 0) is 177 Å². The maximum Gasteiger partial charge on any atom is 0.123 e. The summed E-state index contributed by atoms with van der Waals surface area (Å²) in [5, 5.41) is 9.62. The molecular formula is C66H52Br4N6O2. The van der Waals surface area contributed by atoms with E-state index in [1.807, 2.05) is 78.9 Å². The molecule has 0 saturated heterocycles. The Kier molecular flexibility index (Phi) is 17.4. The van der Waals surface area contributed by atoms with Crippen LogP contribution in [0.5, 0.6) is 11.5 Å². The lowest BCUT2D eigenvalue weighted by Gasteiger charge is -2.15. The van der Waals surface area contributed by atoms with Crippen molar-refractivity contribution in [2.75, 3.05) is 13.2 Å². The average Bonchev–Trinajstić information content (AvgIpc) is 4.40. The van der Waals surface area contributed by atoms with Gasteiger partial charge in [-0.1, -0.05) is 91.0 Å². The molecular weight excluding hydrogens is 1230 g/mol. The van der Waals surface area contributed by atoms with E-state index in [9.17, 15) is 0 Å². The fraction of sp³-hybridized carbons (Fsp3) is 0.0606. The summed E-state index contributed by atoms with van der Waals surface area (Å²) in [6.45, 7) is 1.00. The molecule has 0 aliphatic carbocycles. The van der Waals surface area contributed by atoms with Gasteiger partial charge in [0.05, 0.1) is 47.0 Å². The molecule has 0 atom stereocenters. The van der Waals surface area contributed by atoms with E-state index in [1.54, 1.807) is 0 Å². The number of aromatic amines is 2. The van der Waals surface area contributed by atoms with Crippen molar-refractivity contribution in [3.63, 3.8) is 0 Å². The van der Waals surface area contributed by atoms with Crippen LogP contribution in [0.2, 0.25) is 0 Å². The Labute approximate surface area is 493 Å². The maximum atomic E-state index is 6.44.